The molecule has 11 atom stereocenters. The van der Waals surface area contributed by atoms with Gasteiger partial charge in [0.25, 0.3) is 0 Å². The van der Waals surface area contributed by atoms with Crippen LogP contribution in [0.5, 0.6) is 0 Å². The summed E-state index contributed by atoms with van der Waals surface area (Å²) in [6, 6.07) is 0. The van der Waals surface area contributed by atoms with E-state index in [-0.39, 0.29) is 49.2 Å². The number of rotatable bonds is 8. The Morgan fingerprint density at radius 3 is 2.34 bits per heavy atom. The van der Waals surface area contributed by atoms with Crippen molar-refractivity contribution >= 4 is 29.6 Å². The van der Waals surface area contributed by atoms with Crippen LogP contribution in [0.3, 0.4) is 0 Å². The normalized spacial score (nSPS) is 43.0. The van der Waals surface area contributed by atoms with Gasteiger partial charge in [0.2, 0.25) is 5.91 Å². The molecule has 0 aromatic heterocycles. The van der Waals surface area contributed by atoms with Gasteiger partial charge in [-0.2, -0.15) is 0 Å². The zero-order chi connectivity index (χ0) is 34.9. The van der Waals surface area contributed by atoms with Gasteiger partial charge >= 0.3 is 17.9 Å². The van der Waals surface area contributed by atoms with Crippen LogP contribution >= 0.6 is 0 Å². The van der Waals surface area contributed by atoms with E-state index < -0.39 is 69.0 Å². The van der Waals surface area contributed by atoms with Gasteiger partial charge < -0.3 is 30.4 Å². The van der Waals surface area contributed by atoms with Crippen molar-refractivity contribution in [3.05, 3.63) is 11.6 Å². The molecule has 1 amide bonds. The molecule has 4 N–H and O–H groups in total. The van der Waals surface area contributed by atoms with Gasteiger partial charge in [0.15, 0.2) is 5.78 Å². The van der Waals surface area contributed by atoms with Gasteiger partial charge in [0.05, 0.1) is 25.7 Å². The Hall–Kier alpha value is -2.79. The fraction of sp³-hybridized carbons (Fsp3) is 0.806. The summed E-state index contributed by atoms with van der Waals surface area (Å²) < 4.78 is 18.3. The number of hydrogen-bond acceptors (Lipinski definition) is 9. The first-order valence-corrected chi connectivity index (χ1v) is 17.2. The lowest BCUT2D eigenvalue weighted by molar-refractivity contribution is -0.261. The second-order valence-electron chi connectivity index (χ2n) is 16.5. The SMILES string of the molecule is CC(=O)O[C@@H]1C[C@@]23COC[C@](C)([C@@H]2CC[C@H]2C3=CC(=O)[C@@]3(C)[C@H](C(=O)O)[C@@](C)([C@H](C)C(C)C)CC[C@]23C)[C@H]1OC(=O)CNC(=O)CN. The molecule has 5 aliphatic rings. The third kappa shape index (κ3) is 5.08. The molecule has 1 saturated heterocycles. The van der Waals surface area contributed by atoms with Crippen LogP contribution in [0.1, 0.15) is 87.5 Å². The summed E-state index contributed by atoms with van der Waals surface area (Å²) in [6.45, 7) is 15.7. The highest BCUT2D eigenvalue weighted by Crippen LogP contribution is 2.74. The number of nitrogens with two attached hydrogens (primary N) is 1. The number of esters is 2. The fourth-order valence-corrected chi connectivity index (χ4v) is 11.3. The summed E-state index contributed by atoms with van der Waals surface area (Å²) in [5.41, 5.74) is 2.59. The zero-order valence-corrected chi connectivity index (χ0v) is 29.3. The van der Waals surface area contributed by atoms with E-state index in [9.17, 15) is 29.1 Å². The maximum Gasteiger partial charge on any atom is 0.325 e. The molecule has 0 aromatic rings. The van der Waals surface area contributed by atoms with Gasteiger partial charge in [-0.3, -0.25) is 24.0 Å². The Labute approximate surface area is 278 Å². The molecule has 4 aliphatic carbocycles. The van der Waals surface area contributed by atoms with Crippen LogP contribution in [-0.4, -0.2) is 73.2 Å². The van der Waals surface area contributed by atoms with Gasteiger partial charge in [-0.1, -0.05) is 54.0 Å². The van der Waals surface area contributed by atoms with E-state index in [1.807, 2.05) is 13.8 Å². The molecule has 1 aliphatic heterocycles. The molecule has 262 valence electrons. The second-order valence-corrected chi connectivity index (χ2v) is 16.5. The van der Waals surface area contributed by atoms with Crippen LogP contribution in [0, 0.1) is 56.7 Å². The Bertz CT molecular complexity index is 1380. The molecule has 1 heterocycles. The van der Waals surface area contributed by atoms with Gasteiger partial charge in [0.1, 0.15) is 18.8 Å². The van der Waals surface area contributed by atoms with E-state index in [4.69, 9.17) is 19.9 Å². The van der Waals surface area contributed by atoms with Crippen LogP contribution < -0.4 is 11.1 Å². The maximum absolute atomic E-state index is 14.8. The Balaban J connectivity index is 1.59. The Morgan fingerprint density at radius 1 is 1.06 bits per heavy atom. The molecule has 47 heavy (non-hydrogen) atoms. The fourth-order valence-electron chi connectivity index (χ4n) is 11.3. The summed E-state index contributed by atoms with van der Waals surface area (Å²) in [4.78, 5) is 65.2. The number of allylic oxidation sites excluding steroid dienone is 1. The van der Waals surface area contributed by atoms with Gasteiger partial charge in [-0.15, -0.1) is 0 Å². The van der Waals surface area contributed by atoms with Crippen molar-refractivity contribution in [3.63, 3.8) is 0 Å². The van der Waals surface area contributed by atoms with Crippen LogP contribution in [0.15, 0.2) is 11.6 Å². The van der Waals surface area contributed by atoms with Crippen molar-refractivity contribution in [2.24, 2.45) is 62.4 Å². The van der Waals surface area contributed by atoms with E-state index in [2.05, 4.69) is 39.9 Å². The molecular formula is C36H54N2O9. The minimum Gasteiger partial charge on any atom is -0.481 e. The van der Waals surface area contributed by atoms with E-state index >= 15 is 0 Å². The molecule has 2 bridgehead atoms. The van der Waals surface area contributed by atoms with Crippen molar-refractivity contribution in [2.45, 2.75) is 99.7 Å². The summed E-state index contributed by atoms with van der Waals surface area (Å²) in [7, 11) is 0. The van der Waals surface area contributed by atoms with Crippen molar-refractivity contribution in [1.82, 2.24) is 5.32 Å². The highest BCUT2D eigenvalue weighted by atomic mass is 16.6. The summed E-state index contributed by atoms with van der Waals surface area (Å²) in [6.07, 6.45) is 3.32. The van der Waals surface area contributed by atoms with E-state index in [0.29, 0.717) is 19.4 Å². The first-order valence-electron chi connectivity index (χ1n) is 17.2. The summed E-state index contributed by atoms with van der Waals surface area (Å²) >= 11 is 0. The first kappa shape index (κ1) is 35.5. The number of nitrogens with one attached hydrogen (secondary N) is 1. The average Bonchev–Trinajstić information content (AvgIpc) is 2.98. The first-order chi connectivity index (χ1) is 21.8. The number of carboxylic acids is 1. The quantitative estimate of drug-likeness (QED) is 0.327. The molecule has 5 rings (SSSR count). The lowest BCUT2D eigenvalue weighted by Gasteiger charge is -2.70. The molecule has 3 saturated carbocycles. The third-order valence-corrected chi connectivity index (χ3v) is 14.1. The monoisotopic (exact) mass is 658 g/mol. The zero-order valence-electron chi connectivity index (χ0n) is 29.3. The van der Waals surface area contributed by atoms with Crippen LogP contribution in [0.25, 0.3) is 0 Å². The van der Waals surface area contributed by atoms with Crippen molar-refractivity contribution in [1.29, 1.82) is 0 Å². The minimum absolute atomic E-state index is 0.0552. The van der Waals surface area contributed by atoms with Crippen LogP contribution in [0.2, 0.25) is 0 Å². The minimum atomic E-state index is -1.12. The van der Waals surface area contributed by atoms with E-state index in [1.54, 1.807) is 6.08 Å². The summed E-state index contributed by atoms with van der Waals surface area (Å²) in [5.74, 6) is -3.39. The summed E-state index contributed by atoms with van der Waals surface area (Å²) in [5, 5.41) is 13.3. The average molecular weight is 659 g/mol. The molecular weight excluding hydrogens is 604 g/mol. The lowest BCUT2D eigenvalue weighted by Crippen LogP contribution is -2.71. The molecule has 0 unspecified atom stereocenters. The van der Waals surface area contributed by atoms with Gasteiger partial charge in [-0.05, 0) is 72.7 Å². The van der Waals surface area contributed by atoms with Gasteiger partial charge in [0, 0.05) is 23.2 Å². The largest absolute Gasteiger partial charge is 0.481 e. The highest BCUT2D eigenvalue weighted by molar-refractivity contribution is 6.00. The third-order valence-electron chi connectivity index (χ3n) is 14.1. The number of carbonyl (C=O) groups excluding carboxylic acids is 4. The Morgan fingerprint density at radius 2 is 1.74 bits per heavy atom. The number of ether oxygens (including phenoxy) is 3. The predicted octanol–water partition coefficient (Wildman–Crippen LogP) is 3.67. The molecule has 0 spiro atoms. The molecule has 11 heteroatoms. The molecule has 0 aromatic carbocycles. The Kier molecular flexibility index (Phi) is 9.04. The highest BCUT2D eigenvalue weighted by Gasteiger charge is 2.74. The maximum atomic E-state index is 14.8. The smallest absolute Gasteiger partial charge is 0.325 e. The number of carbonyl (C=O) groups is 5. The number of aliphatic carboxylic acids is 1. The standard InChI is InChI=1S/C36H54N2O9/c1-19(2)20(3)32(5)11-12-34(7)22-9-10-25-33(6)17-45-18-36(25,23(22)13-26(40)35(34,8)29(32)31(43)44)14-24(46-21(4)39)30(33)47-28(42)16-38-27(41)15-37/h13,19-20,22,24-25,29-30H,9-12,14-18,37H2,1-8H3,(H,38,41)(H,43,44)/t20-,22+,24-,25+,29-,30+,32-,33-,34-,35+,36+/m1/s1. The van der Waals surface area contributed by atoms with Crippen molar-refractivity contribution in [2.75, 3.05) is 26.3 Å². The van der Waals surface area contributed by atoms with Crippen LogP contribution in [0.4, 0.5) is 0 Å². The number of carboxylic acid groups (broad SMARTS) is 1. The van der Waals surface area contributed by atoms with Crippen molar-refractivity contribution in [3.8, 4) is 0 Å². The predicted molar refractivity (Wildman–Crippen MR) is 171 cm³/mol. The molecule has 4 fully saturated rings. The number of fused-ring (bicyclic) bond motifs is 3. The van der Waals surface area contributed by atoms with E-state index in [0.717, 1.165) is 24.8 Å². The lowest BCUT2D eigenvalue weighted by atomic mass is 9.34. The molecule has 11 nitrogen and oxygen atoms in total. The molecule has 0 radical (unpaired) electrons. The second kappa shape index (κ2) is 12.0. The number of hydrogen-bond donors (Lipinski definition) is 3. The van der Waals surface area contributed by atoms with E-state index in [1.165, 1.54) is 6.92 Å². The van der Waals surface area contributed by atoms with Crippen molar-refractivity contribution < 1.29 is 43.3 Å². The van der Waals surface area contributed by atoms with Gasteiger partial charge in [-0.25, -0.2) is 0 Å². The number of amides is 1. The van der Waals surface area contributed by atoms with Crippen LogP contribution in [-0.2, 0) is 38.2 Å². The topological polar surface area (TPSA) is 171 Å². The number of ketones is 1.